The average Bonchev–Trinajstić information content (AvgIpc) is 3.45. The molecule has 0 saturated heterocycles. The van der Waals surface area contributed by atoms with Crippen molar-refractivity contribution in [2.75, 3.05) is 0 Å². The number of phosphoric ester groups is 1. The zero-order chi connectivity index (χ0) is 27.2. The van der Waals surface area contributed by atoms with Gasteiger partial charge in [-0.3, -0.25) is 18.6 Å². The van der Waals surface area contributed by atoms with Gasteiger partial charge in [-0.2, -0.15) is 18.3 Å². The van der Waals surface area contributed by atoms with Gasteiger partial charge in [-0.05, 0) is 37.0 Å². The maximum atomic E-state index is 13.1. The zero-order valence-corrected chi connectivity index (χ0v) is 21.0. The van der Waals surface area contributed by atoms with Gasteiger partial charge in [0.25, 0.3) is 5.56 Å². The highest BCUT2D eigenvalue weighted by Crippen LogP contribution is 2.44. The van der Waals surface area contributed by atoms with Crippen LogP contribution in [0.3, 0.4) is 0 Å². The molecule has 0 bridgehead atoms. The molecule has 3 heterocycles. The van der Waals surface area contributed by atoms with Gasteiger partial charge in [-0.15, -0.1) is 0 Å². The first-order valence-electron chi connectivity index (χ1n) is 11.9. The molecule has 1 aliphatic carbocycles. The maximum absolute atomic E-state index is 13.1. The Hall–Kier alpha value is -3.32. The Kier molecular flexibility index (Phi) is 6.76. The van der Waals surface area contributed by atoms with E-state index in [1.54, 1.807) is 13.0 Å². The minimum atomic E-state index is -4.97. The Balaban J connectivity index is 1.59. The summed E-state index contributed by atoms with van der Waals surface area (Å²) >= 11 is 0. The van der Waals surface area contributed by atoms with Crippen LogP contribution < -0.4 is 5.56 Å². The molecule has 0 amide bonds. The third kappa shape index (κ3) is 5.58. The van der Waals surface area contributed by atoms with Crippen molar-refractivity contribution in [1.29, 1.82) is 0 Å². The average molecular weight is 552 g/mol. The van der Waals surface area contributed by atoms with E-state index in [0.29, 0.717) is 23.4 Å². The maximum Gasteiger partial charge on any atom is 0.471 e. The normalized spacial score (nSPS) is 15.3. The summed E-state index contributed by atoms with van der Waals surface area (Å²) in [5.41, 5.74) is -0.504. The summed E-state index contributed by atoms with van der Waals surface area (Å²) in [5, 5.41) is 4.23. The predicted octanol–water partition coefficient (Wildman–Crippen LogP) is 4.34. The fraction of sp³-hybridized carbons (Fsp3) is 0.391. The summed E-state index contributed by atoms with van der Waals surface area (Å²) in [6, 6.07) is 4.87. The van der Waals surface area contributed by atoms with Crippen LogP contribution in [-0.2, 0) is 21.8 Å². The molecular weight excluding hydrogens is 528 g/mol. The molecule has 1 saturated carbocycles. The number of phosphoric acid groups is 1. The number of benzene rings is 1. The molecular formula is C23H24F3N6O5P. The third-order valence-electron chi connectivity index (χ3n) is 6.11. The minimum absolute atomic E-state index is 0.0121. The van der Waals surface area contributed by atoms with E-state index in [1.807, 2.05) is 0 Å². The summed E-state index contributed by atoms with van der Waals surface area (Å²) in [4.78, 5) is 43.9. The van der Waals surface area contributed by atoms with Crippen LogP contribution in [0.1, 0.15) is 61.7 Å². The molecule has 1 unspecified atom stereocenters. The van der Waals surface area contributed by atoms with Crippen LogP contribution in [0.4, 0.5) is 13.2 Å². The first-order valence-corrected chi connectivity index (χ1v) is 13.4. The van der Waals surface area contributed by atoms with Crippen LogP contribution in [0.25, 0.3) is 22.6 Å². The van der Waals surface area contributed by atoms with Crippen molar-refractivity contribution in [3.63, 3.8) is 0 Å². The highest BCUT2D eigenvalue weighted by Gasteiger charge is 2.32. The largest absolute Gasteiger partial charge is 0.471 e. The van der Waals surface area contributed by atoms with Gasteiger partial charge >= 0.3 is 14.0 Å². The summed E-state index contributed by atoms with van der Waals surface area (Å²) in [5.74, 6) is 0.740. The molecule has 202 valence electrons. The standard InChI is InChI=1S/C23H24F3N6O5P/c1-2-4-17(37-38(34,35)36)32-18-20(28-19(14-7-8-14)30-22(18)33)29-21(32)15-10-27-31(12-15)11-13-5-3-6-16(9-13)23(24,25)26/h3,5-6,9-10,12,14,17H,2,4,7-8,11H2,1H3,(H,28,30,33)(H2,34,35,36). The fourth-order valence-corrected chi connectivity index (χ4v) is 4.81. The van der Waals surface area contributed by atoms with Crippen molar-refractivity contribution in [3.05, 3.63) is 64.0 Å². The highest BCUT2D eigenvalue weighted by atomic mass is 31.2. The van der Waals surface area contributed by atoms with Crippen molar-refractivity contribution in [3.8, 4) is 11.4 Å². The fourth-order valence-electron chi connectivity index (χ4n) is 4.29. The van der Waals surface area contributed by atoms with Gasteiger partial charge in [0.05, 0.1) is 23.9 Å². The molecule has 1 atom stereocenters. The second-order valence-corrected chi connectivity index (χ2v) is 10.4. The second-order valence-electron chi connectivity index (χ2n) is 9.17. The van der Waals surface area contributed by atoms with E-state index in [9.17, 15) is 32.3 Å². The topological polar surface area (TPSA) is 148 Å². The van der Waals surface area contributed by atoms with Gasteiger partial charge in [0.2, 0.25) is 0 Å². The number of imidazole rings is 1. The molecule has 0 aliphatic heterocycles. The van der Waals surface area contributed by atoms with Crippen LogP contribution in [0.2, 0.25) is 0 Å². The second kappa shape index (κ2) is 9.77. The molecule has 0 radical (unpaired) electrons. The lowest BCUT2D eigenvalue weighted by Gasteiger charge is -2.21. The summed E-state index contributed by atoms with van der Waals surface area (Å²) in [6.45, 7) is 1.81. The van der Waals surface area contributed by atoms with Crippen molar-refractivity contribution in [1.82, 2.24) is 29.3 Å². The number of alkyl halides is 3. The number of nitrogens with one attached hydrogen (secondary N) is 1. The first-order chi connectivity index (χ1) is 17.9. The number of H-pyrrole nitrogens is 1. The van der Waals surface area contributed by atoms with E-state index in [-0.39, 0.29) is 35.9 Å². The summed E-state index contributed by atoms with van der Waals surface area (Å²) < 4.78 is 58.9. The SMILES string of the molecule is CCCC(OP(=O)(O)O)n1c(-c2cnn(Cc3cccc(C(F)(F)F)c3)c2)nc2nc(C3CC3)[nH]c(=O)c21. The number of fused-ring (bicyclic) bond motifs is 1. The molecule has 1 fully saturated rings. The quantitative estimate of drug-likeness (QED) is 0.260. The highest BCUT2D eigenvalue weighted by molar-refractivity contribution is 7.46. The van der Waals surface area contributed by atoms with E-state index in [4.69, 9.17) is 4.52 Å². The third-order valence-corrected chi connectivity index (χ3v) is 6.63. The zero-order valence-electron chi connectivity index (χ0n) is 20.1. The minimum Gasteiger partial charge on any atom is -0.308 e. The number of aromatic nitrogens is 6. The van der Waals surface area contributed by atoms with E-state index in [2.05, 4.69) is 20.1 Å². The lowest BCUT2D eigenvalue weighted by molar-refractivity contribution is -0.137. The van der Waals surface area contributed by atoms with E-state index < -0.39 is 31.3 Å². The van der Waals surface area contributed by atoms with E-state index >= 15 is 0 Å². The first kappa shape index (κ1) is 26.3. The lowest BCUT2D eigenvalue weighted by atomic mass is 10.1. The number of rotatable bonds is 9. The molecule has 1 aromatic carbocycles. The lowest BCUT2D eigenvalue weighted by Crippen LogP contribution is -2.19. The molecule has 4 aromatic rings. The van der Waals surface area contributed by atoms with Crippen molar-refractivity contribution in [2.24, 2.45) is 0 Å². The molecule has 15 heteroatoms. The van der Waals surface area contributed by atoms with Gasteiger partial charge in [0, 0.05) is 12.1 Å². The molecule has 5 rings (SSSR count). The molecule has 38 heavy (non-hydrogen) atoms. The van der Waals surface area contributed by atoms with Gasteiger partial charge < -0.3 is 14.8 Å². The number of nitrogens with zero attached hydrogens (tertiary/aromatic N) is 5. The smallest absolute Gasteiger partial charge is 0.308 e. The Morgan fingerprint density at radius 3 is 2.68 bits per heavy atom. The van der Waals surface area contributed by atoms with Crippen LogP contribution in [-0.4, -0.2) is 39.1 Å². The van der Waals surface area contributed by atoms with Gasteiger partial charge in [0.15, 0.2) is 11.2 Å². The molecule has 3 N–H and O–H groups in total. The molecule has 0 spiro atoms. The van der Waals surface area contributed by atoms with E-state index in [0.717, 1.165) is 25.0 Å². The Morgan fingerprint density at radius 1 is 1.26 bits per heavy atom. The van der Waals surface area contributed by atoms with Gasteiger partial charge in [-0.1, -0.05) is 25.5 Å². The monoisotopic (exact) mass is 552 g/mol. The number of hydrogen-bond acceptors (Lipinski definition) is 6. The Bertz CT molecular complexity index is 1590. The Labute approximate surface area is 213 Å². The number of hydrogen-bond donors (Lipinski definition) is 3. The Morgan fingerprint density at radius 2 is 2.03 bits per heavy atom. The number of halogens is 3. The predicted molar refractivity (Wildman–Crippen MR) is 129 cm³/mol. The summed E-state index contributed by atoms with van der Waals surface area (Å²) in [7, 11) is -4.97. The molecule has 3 aromatic heterocycles. The van der Waals surface area contributed by atoms with Crippen molar-refractivity contribution >= 4 is 19.0 Å². The van der Waals surface area contributed by atoms with Gasteiger partial charge in [0.1, 0.15) is 17.9 Å². The van der Waals surface area contributed by atoms with Crippen LogP contribution in [0.15, 0.2) is 41.5 Å². The van der Waals surface area contributed by atoms with E-state index in [1.165, 1.54) is 27.7 Å². The van der Waals surface area contributed by atoms with Crippen molar-refractivity contribution < 1.29 is 32.0 Å². The van der Waals surface area contributed by atoms with Crippen LogP contribution >= 0.6 is 7.82 Å². The van der Waals surface area contributed by atoms with Gasteiger partial charge in [-0.25, -0.2) is 14.5 Å². The molecule has 11 nitrogen and oxygen atoms in total. The summed E-state index contributed by atoms with van der Waals surface area (Å²) in [6.07, 6.45) is -0.439. The van der Waals surface area contributed by atoms with Crippen LogP contribution in [0.5, 0.6) is 0 Å². The molecule has 1 aliphatic rings. The van der Waals surface area contributed by atoms with Crippen LogP contribution in [0, 0.1) is 0 Å². The number of aromatic amines is 1. The van der Waals surface area contributed by atoms with Crippen molar-refractivity contribution in [2.45, 2.75) is 57.5 Å².